The van der Waals surface area contributed by atoms with Crippen molar-refractivity contribution in [3.05, 3.63) is 206 Å². The topological polar surface area (TPSA) is 35.6 Å². The van der Waals surface area contributed by atoms with Crippen LogP contribution in [0.5, 0.6) is 0 Å². The van der Waals surface area contributed by atoms with Crippen molar-refractivity contribution in [2.45, 2.75) is 0 Å². The maximum atomic E-state index is 5.54. The van der Waals surface area contributed by atoms with Crippen LogP contribution in [0.4, 0.5) is 0 Å². The van der Waals surface area contributed by atoms with Gasteiger partial charge in [-0.05, 0) is 76.0 Å². The standard InChI is InChI=1S/C56H34N4S/c1-4-16-36(17-5-1)50-34-39-28-31-46-52(55(39)61-50)53(37-18-6-2-7-19-37)58-56(57-46)60-47-25-13-12-23-44(47)51-41(24-14-26-49(51)60)38-29-32-48-45(33-38)43-30-27-35-15-10-11-22-42(35)54(43)59(48)40-20-8-3-9-21-40/h1-34H. The lowest BCUT2D eigenvalue weighted by Gasteiger charge is -2.13. The van der Waals surface area contributed by atoms with Gasteiger partial charge in [0.2, 0.25) is 5.95 Å². The molecule has 0 aliphatic carbocycles. The summed E-state index contributed by atoms with van der Waals surface area (Å²) in [7, 11) is 0. The Morgan fingerprint density at radius 3 is 1.92 bits per heavy atom. The number of nitrogens with zero attached hydrogens (tertiary/aromatic N) is 4. The molecule has 0 atom stereocenters. The smallest absolute Gasteiger partial charge is 0.235 e. The molecule has 0 unspecified atom stereocenters. The highest BCUT2D eigenvalue weighted by Gasteiger charge is 2.22. The van der Waals surface area contributed by atoms with Crippen molar-refractivity contribution in [1.82, 2.24) is 19.1 Å². The summed E-state index contributed by atoms with van der Waals surface area (Å²) in [6.07, 6.45) is 0. The molecule has 5 heteroatoms. The van der Waals surface area contributed by atoms with Crippen LogP contribution in [0.15, 0.2) is 206 Å². The zero-order chi connectivity index (χ0) is 40.0. The number of hydrogen-bond acceptors (Lipinski definition) is 3. The van der Waals surface area contributed by atoms with E-state index < -0.39 is 0 Å². The molecule has 4 nitrogen and oxygen atoms in total. The van der Waals surface area contributed by atoms with Crippen molar-refractivity contribution >= 4 is 86.7 Å². The van der Waals surface area contributed by atoms with Crippen LogP contribution in [0.1, 0.15) is 0 Å². The third kappa shape index (κ3) is 5.18. The van der Waals surface area contributed by atoms with Gasteiger partial charge < -0.3 is 4.57 Å². The lowest BCUT2D eigenvalue weighted by Crippen LogP contribution is -2.03. The van der Waals surface area contributed by atoms with Crippen molar-refractivity contribution in [3.8, 4) is 44.5 Å². The van der Waals surface area contributed by atoms with Crippen LogP contribution in [0, 0.1) is 0 Å². The summed E-state index contributed by atoms with van der Waals surface area (Å²) in [4.78, 5) is 12.2. The van der Waals surface area contributed by atoms with Crippen molar-refractivity contribution in [1.29, 1.82) is 0 Å². The van der Waals surface area contributed by atoms with Gasteiger partial charge in [0.1, 0.15) is 0 Å². The van der Waals surface area contributed by atoms with Crippen LogP contribution in [-0.4, -0.2) is 19.1 Å². The molecule has 4 heterocycles. The Balaban J connectivity index is 1.06. The minimum atomic E-state index is 0.655. The van der Waals surface area contributed by atoms with Gasteiger partial charge in [0.15, 0.2) is 0 Å². The van der Waals surface area contributed by atoms with Gasteiger partial charge in [-0.15, -0.1) is 11.3 Å². The zero-order valence-electron chi connectivity index (χ0n) is 32.8. The minimum absolute atomic E-state index is 0.655. The zero-order valence-corrected chi connectivity index (χ0v) is 33.6. The summed E-state index contributed by atoms with van der Waals surface area (Å²) in [6.45, 7) is 0. The van der Waals surface area contributed by atoms with Crippen molar-refractivity contribution in [2.24, 2.45) is 0 Å². The summed E-state index contributed by atoms with van der Waals surface area (Å²) in [5.41, 5.74) is 12.2. The molecule has 4 aromatic heterocycles. The molecule has 0 amide bonds. The Morgan fingerprint density at radius 2 is 1.08 bits per heavy atom. The first kappa shape index (κ1) is 34.0. The summed E-state index contributed by atoms with van der Waals surface area (Å²) in [6, 6.07) is 74.2. The van der Waals surface area contributed by atoms with Gasteiger partial charge in [-0.25, -0.2) is 9.97 Å². The average molecular weight is 795 g/mol. The molecule has 0 fully saturated rings. The van der Waals surface area contributed by atoms with Crippen LogP contribution in [-0.2, 0) is 0 Å². The quantitative estimate of drug-likeness (QED) is 0.174. The maximum Gasteiger partial charge on any atom is 0.235 e. The average Bonchev–Trinajstić information content (AvgIpc) is 4.03. The minimum Gasteiger partial charge on any atom is -0.309 e. The van der Waals surface area contributed by atoms with E-state index in [-0.39, 0.29) is 0 Å². The van der Waals surface area contributed by atoms with E-state index in [0.717, 1.165) is 44.3 Å². The van der Waals surface area contributed by atoms with E-state index in [9.17, 15) is 0 Å². The number of thiophene rings is 1. The first-order valence-electron chi connectivity index (χ1n) is 20.7. The molecular weight excluding hydrogens is 761 g/mol. The fraction of sp³-hybridized carbons (Fsp3) is 0. The Hall–Kier alpha value is -7.86. The fourth-order valence-electron chi connectivity index (χ4n) is 9.62. The Morgan fingerprint density at radius 1 is 0.393 bits per heavy atom. The molecule has 0 bridgehead atoms. The van der Waals surface area contributed by atoms with Crippen LogP contribution in [0.2, 0.25) is 0 Å². The number of hydrogen-bond donors (Lipinski definition) is 0. The van der Waals surface area contributed by atoms with Crippen molar-refractivity contribution in [3.63, 3.8) is 0 Å². The van der Waals surface area contributed by atoms with Crippen molar-refractivity contribution < 1.29 is 0 Å². The number of rotatable bonds is 5. The SMILES string of the molecule is c1ccc(-c2cc3ccc4nc(-n5c6ccccc6c6c(-c7ccc8c(c7)c7ccc9ccccc9c7n8-c7ccccc7)cccc65)nc(-c5ccccc5)c4c3s2)cc1. The molecular formula is C56H34N4S. The molecule has 13 rings (SSSR count). The first-order chi connectivity index (χ1) is 30.3. The van der Waals surface area contributed by atoms with E-state index in [0.29, 0.717) is 5.95 Å². The van der Waals surface area contributed by atoms with Crippen molar-refractivity contribution in [2.75, 3.05) is 0 Å². The number of aromatic nitrogens is 4. The maximum absolute atomic E-state index is 5.54. The monoisotopic (exact) mass is 794 g/mol. The second kappa shape index (κ2) is 13.3. The number of fused-ring (bicyclic) bond motifs is 11. The van der Waals surface area contributed by atoms with Crippen LogP contribution in [0.25, 0.3) is 120 Å². The van der Waals surface area contributed by atoms with Gasteiger partial charge >= 0.3 is 0 Å². The Bertz CT molecular complexity index is 3860. The molecule has 284 valence electrons. The first-order valence-corrected chi connectivity index (χ1v) is 21.5. The molecule has 0 radical (unpaired) electrons. The summed E-state index contributed by atoms with van der Waals surface area (Å²) in [5.74, 6) is 0.655. The molecule has 61 heavy (non-hydrogen) atoms. The van der Waals surface area contributed by atoms with Gasteiger partial charge in [0, 0.05) is 53.1 Å². The molecule has 0 N–H and O–H groups in total. The summed E-state index contributed by atoms with van der Waals surface area (Å²) in [5, 5.41) is 9.56. The second-order valence-corrected chi connectivity index (χ2v) is 16.8. The number of para-hydroxylation sites is 2. The van der Waals surface area contributed by atoms with Gasteiger partial charge in [0.25, 0.3) is 0 Å². The van der Waals surface area contributed by atoms with Crippen LogP contribution in [0.3, 0.4) is 0 Å². The molecule has 0 aliphatic heterocycles. The molecule has 0 aliphatic rings. The largest absolute Gasteiger partial charge is 0.309 e. The van der Waals surface area contributed by atoms with Gasteiger partial charge in [-0.2, -0.15) is 0 Å². The molecule has 0 spiro atoms. The lowest BCUT2D eigenvalue weighted by molar-refractivity contribution is 1.01. The van der Waals surface area contributed by atoms with Crippen LogP contribution >= 0.6 is 11.3 Å². The summed E-state index contributed by atoms with van der Waals surface area (Å²) >= 11 is 1.81. The Labute approximate surface area is 354 Å². The molecule has 0 saturated heterocycles. The fourth-order valence-corrected chi connectivity index (χ4v) is 10.8. The van der Waals surface area contributed by atoms with E-state index in [2.05, 4.69) is 215 Å². The molecule has 13 aromatic rings. The predicted molar refractivity (Wildman–Crippen MR) is 257 cm³/mol. The molecule has 0 saturated carbocycles. The van der Waals surface area contributed by atoms with E-state index >= 15 is 0 Å². The highest BCUT2D eigenvalue weighted by molar-refractivity contribution is 7.23. The van der Waals surface area contributed by atoms with E-state index in [4.69, 9.17) is 9.97 Å². The number of benzene rings is 9. The van der Waals surface area contributed by atoms with Gasteiger partial charge in [-0.3, -0.25) is 4.57 Å². The van der Waals surface area contributed by atoms with E-state index in [1.54, 1.807) is 0 Å². The van der Waals surface area contributed by atoms with E-state index in [1.165, 1.54) is 69.6 Å². The Kier molecular flexibility index (Phi) is 7.44. The third-order valence-electron chi connectivity index (χ3n) is 12.3. The van der Waals surface area contributed by atoms with E-state index in [1.807, 2.05) is 11.3 Å². The lowest BCUT2D eigenvalue weighted by atomic mass is 9.97. The highest BCUT2D eigenvalue weighted by Crippen LogP contribution is 2.44. The van der Waals surface area contributed by atoms with Gasteiger partial charge in [0.05, 0.1) is 33.3 Å². The normalized spacial score (nSPS) is 11.9. The second-order valence-electron chi connectivity index (χ2n) is 15.7. The molecule has 9 aromatic carbocycles. The summed E-state index contributed by atoms with van der Waals surface area (Å²) < 4.78 is 5.89. The van der Waals surface area contributed by atoms with Gasteiger partial charge in [-0.1, -0.05) is 158 Å². The third-order valence-corrected chi connectivity index (χ3v) is 13.5. The van der Waals surface area contributed by atoms with Crippen LogP contribution < -0.4 is 0 Å². The highest BCUT2D eigenvalue weighted by atomic mass is 32.1. The predicted octanol–water partition coefficient (Wildman–Crippen LogP) is 15.2.